The van der Waals surface area contributed by atoms with E-state index in [0.717, 1.165) is 23.7 Å². The van der Waals surface area contributed by atoms with E-state index in [1.54, 1.807) is 11.3 Å². The maximum Gasteiger partial charge on any atom is 0.310 e. The highest BCUT2D eigenvalue weighted by Gasteiger charge is 2.06. The van der Waals surface area contributed by atoms with E-state index in [0.29, 0.717) is 6.42 Å². The first kappa shape index (κ1) is 14.7. The number of aromatic nitrogens is 1. The third-order valence-electron chi connectivity index (χ3n) is 2.86. The molecule has 2 aromatic heterocycles. The molecule has 106 valence electrons. The molecule has 0 saturated carbocycles. The van der Waals surface area contributed by atoms with Crippen LogP contribution in [0.3, 0.4) is 0 Å². The Morgan fingerprint density at radius 2 is 2.05 bits per heavy atom. The molecule has 0 aliphatic rings. The monoisotopic (exact) mass is 290 g/mol. The van der Waals surface area contributed by atoms with Crippen LogP contribution in [0.1, 0.15) is 21.0 Å². The van der Waals surface area contributed by atoms with Gasteiger partial charge < -0.3 is 10.1 Å². The maximum absolute atomic E-state index is 11.2. The van der Waals surface area contributed by atoms with Gasteiger partial charge in [-0.2, -0.15) is 0 Å². The molecule has 0 unspecified atom stereocenters. The molecule has 0 aliphatic carbocycles. The average molecular weight is 290 g/mol. The molecule has 0 atom stereocenters. The number of pyridine rings is 1. The van der Waals surface area contributed by atoms with Crippen molar-refractivity contribution in [3.8, 4) is 0 Å². The predicted octanol–water partition coefficient (Wildman–Crippen LogP) is 2.46. The third kappa shape index (κ3) is 4.43. The summed E-state index contributed by atoms with van der Waals surface area (Å²) in [5.41, 5.74) is 2.20. The van der Waals surface area contributed by atoms with Crippen molar-refractivity contribution in [1.29, 1.82) is 0 Å². The quantitative estimate of drug-likeness (QED) is 0.830. The highest BCUT2D eigenvalue weighted by molar-refractivity contribution is 7.12. The van der Waals surface area contributed by atoms with Crippen LogP contribution in [0.2, 0.25) is 0 Å². The molecule has 0 spiro atoms. The number of carbonyl (C=O) groups is 1. The number of ether oxygens (including phenoxy) is 1. The normalized spacial score (nSPS) is 10.5. The highest BCUT2D eigenvalue weighted by atomic mass is 32.1. The summed E-state index contributed by atoms with van der Waals surface area (Å²) in [6, 6.07) is 8.11. The lowest BCUT2D eigenvalue weighted by Gasteiger charge is -2.03. The van der Waals surface area contributed by atoms with Crippen LogP contribution in [-0.4, -0.2) is 18.1 Å². The third-order valence-corrected chi connectivity index (χ3v) is 3.95. The summed E-state index contributed by atoms with van der Waals surface area (Å²) in [4.78, 5) is 17.7. The van der Waals surface area contributed by atoms with Crippen molar-refractivity contribution in [1.82, 2.24) is 10.3 Å². The first-order valence-electron chi connectivity index (χ1n) is 6.44. The molecule has 4 nitrogen and oxygen atoms in total. The number of esters is 1. The van der Waals surface area contributed by atoms with E-state index in [1.165, 1.54) is 17.6 Å². The van der Waals surface area contributed by atoms with Gasteiger partial charge in [0.2, 0.25) is 0 Å². The van der Waals surface area contributed by atoms with Gasteiger partial charge in [-0.1, -0.05) is 6.07 Å². The Balaban J connectivity index is 1.79. The molecule has 0 aromatic carbocycles. The zero-order chi connectivity index (χ0) is 14.4. The second kappa shape index (κ2) is 7.17. The fourth-order valence-corrected chi connectivity index (χ4v) is 2.73. The second-order valence-corrected chi connectivity index (χ2v) is 5.79. The lowest BCUT2D eigenvalue weighted by Crippen LogP contribution is -2.11. The van der Waals surface area contributed by atoms with Crippen LogP contribution in [0.15, 0.2) is 30.5 Å². The summed E-state index contributed by atoms with van der Waals surface area (Å²) in [6.45, 7) is 3.56. The van der Waals surface area contributed by atoms with Gasteiger partial charge in [-0.05, 0) is 30.7 Å². The molecule has 1 N–H and O–H groups in total. The Bertz CT molecular complexity index is 564. The van der Waals surface area contributed by atoms with E-state index in [4.69, 9.17) is 0 Å². The van der Waals surface area contributed by atoms with Crippen molar-refractivity contribution in [3.63, 3.8) is 0 Å². The standard InChI is InChI=1S/C15H18N2O2S/c1-11-3-4-12(9-17-11)8-16-10-14-6-5-13(20-14)7-15(18)19-2/h3-6,9,16H,7-8,10H2,1-2H3. The number of hydrogen-bond donors (Lipinski definition) is 1. The van der Waals surface area contributed by atoms with Crippen LogP contribution in [0, 0.1) is 6.92 Å². The van der Waals surface area contributed by atoms with Gasteiger partial charge in [0.25, 0.3) is 0 Å². The van der Waals surface area contributed by atoms with Crippen molar-refractivity contribution < 1.29 is 9.53 Å². The number of aryl methyl sites for hydroxylation is 1. The van der Waals surface area contributed by atoms with E-state index in [-0.39, 0.29) is 5.97 Å². The minimum atomic E-state index is -0.197. The van der Waals surface area contributed by atoms with Gasteiger partial charge in [-0.3, -0.25) is 9.78 Å². The molecule has 2 aromatic rings. The number of hydrogen-bond acceptors (Lipinski definition) is 5. The van der Waals surface area contributed by atoms with E-state index in [1.807, 2.05) is 31.3 Å². The van der Waals surface area contributed by atoms with E-state index in [2.05, 4.69) is 21.1 Å². The van der Waals surface area contributed by atoms with Crippen LogP contribution < -0.4 is 5.32 Å². The number of thiophene rings is 1. The van der Waals surface area contributed by atoms with Crippen molar-refractivity contribution in [2.75, 3.05) is 7.11 Å². The lowest BCUT2D eigenvalue weighted by molar-refractivity contribution is -0.139. The van der Waals surface area contributed by atoms with Gasteiger partial charge in [0.15, 0.2) is 0 Å². The number of methoxy groups -OCH3 is 1. The maximum atomic E-state index is 11.2. The van der Waals surface area contributed by atoms with Gasteiger partial charge in [0.05, 0.1) is 13.5 Å². The number of nitrogens with zero attached hydrogens (tertiary/aromatic N) is 1. The van der Waals surface area contributed by atoms with Gasteiger partial charge in [0.1, 0.15) is 0 Å². The predicted molar refractivity (Wildman–Crippen MR) is 79.6 cm³/mol. The highest BCUT2D eigenvalue weighted by Crippen LogP contribution is 2.17. The topological polar surface area (TPSA) is 51.2 Å². The molecule has 20 heavy (non-hydrogen) atoms. The second-order valence-electron chi connectivity index (χ2n) is 4.53. The summed E-state index contributed by atoms with van der Waals surface area (Å²) in [7, 11) is 1.41. The minimum absolute atomic E-state index is 0.197. The minimum Gasteiger partial charge on any atom is -0.469 e. The largest absolute Gasteiger partial charge is 0.469 e. The molecule has 5 heteroatoms. The van der Waals surface area contributed by atoms with Crippen molar-refractivity contribution >= 4 is 17.3 Å². The molecule has 0 bridgehead atoms. The lowest BCUT2D eigenvalue weighted by atomic mass is 10.2. The smallest absolute Gasteiger partial charge is 0.310 e. The number of rotatable bonds is 6. The Morgan fingerprint density at radius 3 is 2.75 bits per heavy atom. The van der Waals surface area contributed by atoms with E-state index < -0.39 is 0 Å². The van der Waals surface area contributed by atoms with E-state index in [9.17, 15) is 4.79 Å². The van der Waals surface area contributed by atoms with Crippen LogP contribution in [-0.2, 0) is 29.0 Å². The molecule has 0 radical (unpaired) electrons. The zero-order valence-electron chi connectivity index (χ0n) is 11.7. The summed E-state index contributed by atoms with van der Waals surface area (Å²) in [5, 5.41) is 3.37. The summed E-state index contributed by atoms with van der Waals surface area (Å²) < 4.78 is 4.66. The molecule has 0 saturated heterocycles. The SMILES string of the molecule is COC(=O)Cc1ccc(CNCc2ccc(C)nc2)s1. The Hall–Kier alpha value is -1.72. The first-order chi connectivity index (χ1) is 9.67. The van der Waals surface area contributed by atoms with Gasteiger partial charge in [-0.25, -0.2) is 0 Å². The molecular weight excluding hydrogens is 272 g/mol. The van der Waals surface area contributed by atoms with Crippen molar-refractivity contribution in [2.24, 2.45) is 0 Å². The molecule has 2 heterocycles. The Morgan fingerprint density at radius 1 is 1.25 bits per heavy atom. The van der Waals surface area contributed by atoms with E-state index >= 15 is 0 Å². The van der Waals surface area contributed by atoms with Crippen molar-refractivity contribution in [2.45, 2.75) is 26.4 Å². The molecule has 0 aliphatic heterocycles. The Kier molecular flexibility index (Phi) is 5.26. The summed E-state index contributed by atoms with van der Waals surface area (Å²) in [5.74, 6) is -0.197. The molecule has 0 fully saturated rings. The molecular formula is C15H18N2O2S. The zero-order valence-corrected chi connectivity index (χ0v) is 12.5. The van der Waals surface area contributed by atoms with Crippen LogP contribution >= 0.6 is 11.3 Å². The van der Waals surface area contributed by atoms with Crippen LogP contribution in [0.4, 0.5) is 0 Å². The van der Waals surface area contributed by atoms with Gasteiger partial charge >= 0.3 is 5.97 Å². The molecule has 0 amide bonds. The Labute approximate surface area is 122 Å². The van der Waals surface area contributed by atoms with Crippen LogP contribution in [0.5, 0.6) is 0 Å². The molecule has 2 rings (SSSR count). The summed E-state index contributed by atoms with van der Waals surface area (Å²) >= 11 is 1.64. The van der Waals surface area contributed by atoms with Crippen molar-refractivity contribution in [3.05, 3.63) is 51.5 Å². The van der Waals surface area contributed by atoms with Gasteiger partial charge in [-0.15, -0.1) is 11.3 Å². The number of nitrogens with one attached hydrogen (secondary N) is 1. The van der Waals surface area contributed by atoms with Gasteiger partial charge in [0, 0.05) is 34.7 Å². The first-order valence-corrected chi connectivity index (χ1v) is 7.25. The fraction of sp³-hybridized carbons (Fsp3) is 0.333. The van der Waals surface area contributed by atoms with Crippen LogP contribution in [0.25, 0.3) is 0 Å². The number of carbonyl (C=O) groups excluding carboxylic acids is 1. The average Bonchev–Trinajstić information content (AvgIpc) is 2.88. The summed E-state index contributed by atoms with van der Waals surface area (Å²) in [6.07, 6.45) is 2.24. The fourth-order valence-electron chi connectivity index (χ4n) is 1.76.